The summed E-state index contributed by atoms with van der Waals surface area (Å²) < 4.78 is 5.54. The van der Waals surface area contributed by atoms with E-state index in [1.165, 1.54) is 5.56 Å². The predicted octanol–water partition coefficient (Wildman–Crippen LogP) is 5.64. The Morgan fingerprint density at radius 3 is 2.65 bits per heavy atom. The van der Waals surface area contributed by atoms with Crippen LogP contribution in [0.1, 0.15) is 43.1 Å². The number of benzene rings is 2. The number of aromatic amines is 1. The molecule has 2 N–H and O–H groups in total. The van der Waals surface area contributed by atoms with E-state index >= 15 is 0 Å². The lowest BCUT2D eigenvalue weighted by atomic mass is 9.91. The number of para-hydroxylation sites is 1. The quantitative estimate of drug-likeness (QED) is 0.360. The largest absolute Gasteiger partial charge is 0.381 e. The Kier molecular flexibility index (Phi) is 5.39. The molecule has 170 valence electrons. The number of nitrogens with one attached hydrogen (secondary N) is 2. The van der Waals surface area contributed by atoms with E-state index in [-0.39, 0.29) is 6.04 Å². The zero-order valence-corrected chi connectivity index (χ0v) is 19.0. The molecule has 0 aliphatic carbocycles. The van der Waals surface area contributed by atoms with Crippen LogP contribution < -0.4 is 5.32 Å². The second-order valence-electron chi connectivity index (χ2n) is 8.79. The number of H-pyrrole nitrogens is 1. The van der Waals surface area contributed by atoms with E-state index in [1.807, 2.05) is 30.5 Å². The van der Waals surface area contributed by atoms with Gasteiger partial charge in [-0.15, -0.1) is 0 Å². The van der Waals surface area contributed by atoms with Gasteiger partial charge < -0.3 is 15.0 Å². The Hall–Kier alpha value is -3.84. The second kappa shape index (κ2) is 8.83. The van der Waals surface area contributed by atoms with Gasteiger partial charge in [-0.25, -0.2) is 15.0 Å². The van der Waals surface area contributed by atoms with E-state index in [0.29, 0.717) is 5.92 Å². The van der Waals surface area contributed by atoms with Crippen molar-refractivity contribution in [3.8, 4) is 11.4 Å². The highest BCUT2D eigenvalue weighted by atomic mass is 16.5. The maximum absolute atomic E-state index is 5.54. The fourth-order valence-corrected chi connectivity index (χ4v) is 4.73. The number of ether oxygens (including phenoxy) is 1. The number of fused-ring (bicyclic) bond motifs is 2. The van der Waals surface area contributed by atoms with Crippen LogP contribution in [0.25, 0.3) is 33.3 Å². The van der Waals surface area contributed by atoms with Crippen LogP contribution in [0.2, 0.25) is 0 Å². The van der Waals surface area contributed by atoms with Crippen LogP contribution in [0.15, 0.2) is 67.1 Å². The minimum absolute atomic E-state index is 0.0877. The third-order valence-corrected chi connectivity index (χ3v) is 6.56. The molecule has 1 fully saturated rings. The minimum Gasteiger partial charge on any atom is -0.381 e. The summed E-state index contributed by atoms with van der Waals surface area (Å²) in [6, 6.07) is 16.4. The van der Waals surface area contributed by atoms with Crippen LogP contribution in [0.3, 0.4) is 0 Å². The number of hydrogen-bond donors (Lipinski definition) is 2. The number of anilines is 1. The summed E-state index contributed by atoms with van der Waals surface area (Å²) in [7, 11) is 0. The number of nitrogens with zero attached hydrogens (tertiary/aromatic N) is 4. The van der Waals surface area contributed by atoms with Crippen molar-refractivity contribution in [1.29, 1.82) is 0 Å². The SMILES string of the molecule is C[C@H](Nc1c(-c2nc3ccc(C4CCOCC4)cc3[nH]2)cnc2ccccc12)c1ncccn1. The third-order valence-electron chi connectivity index (χ3n) is 6.56. The van der Waals surface area contributed by atoms with Crippen molar-refractivity contribution < 1.29 is 4.74 Å². The van der Waals surface area contributed by atoms with E-state index < -0.39 is 0 Å². The third kappa shape index (κ3) is 3.88. The maximum atomic E-state index is 5.54. The van der Waals surface area contributed by atoms with Crippen molar-refractivity contribution in [3.05, 3.63) is 78.5 Å². The lowest BCUT2D eigenvalue weighted by Gasteiger charge is -2.22. The summed E-state index contributed by atoms with van der Waals surface area (Å²) in [6.45, 7) is 3.73. The topological polar surface area (TPSA) is 88.6 Å². The minimum atomic E-state index is -0.0877. The Bertz CT molecular complexity index is 1440. The average molecular weight is 451 g/mol. The van der Waals surface area contributed by atoms with Gasteiger partial charge in [0.1, 0.15) is 11.6 Å². The molecule has 1 atom stereocenters. The van der Waals surface area contributed by atoms with Crippen molar-refractivity contribution in [3.63, 3.8) is 0 Å². The highest BCUT2D eigenvalue weighted by Gasteiger charge is 2.19. The van der Waals surface area contributed by atoms with Gasteiger partial charge in [-0.05, 0) is 55.5 Å². The Morgan fingerprint density at radius 2 is 1.79 bits per heavy atom. The fourth-order valence-electron chi connectivity index (χ4n) is 4.73. The zero-order valence-electron chi connectivity index (χ0n) is 19.0. The second-order valence-corrected chi connectivity index (χ2v) is 8.79. The molecule has 0 bridgehead atoms. The summed E-state index contributed by atoms with van der Waals surface area (Å²) in [6.07, 6.45) is 7.55. The summed E-state index contributed by atoms with van der Waals surface area (Å²) >= 11 is 0. The van der Waals surface area contributed by atoms with Crippen molar-refractivity contribution in [2.75, 3.05) is 18.5 Å². The van der Waals surface area contributed by atoms with Crippen molar-refractivity contribution in [2.24, 2.45) is 0 Å². The zero-order chi connectivity index (χ0) is 22.9. The number of imidazole rings is 1. The first-order valence-corrected chi connectivity index (χ1v) is 11.8. The molecule has 1 aliphatic heterocycles. The van der Waals surface area contributed by atoms with Gasteiger partial charge in [0.05, 0.1) is 33.8 Å². The molecule has 4 heterocycles. The number of hydrogen-bond acceptors (Lipinski definition) is 6. The Morgan fingerprint density at radius 1 is 0.971 bits per heavy atom. The molecular weight excluding hydrogens is 424 g/mol. The standard InChI is InChI=1S/C27H26N6O/c1-17(26-28-11-4-12-29-26)31-25-20-5-2-3-6-22(20)30-16-21(25)27-32-23-8-7-19(15-24(23)33-27)18-9-13-34-14-10-18/h2-8,11-12,15-18H,9-10,13-14H2,1H3,(H,30,31)(H,32,33)/t17-/m0/s1. The van der Waals surface area contributed by atoms with E-state index in [0.717, 1.165) is 70.9 Å². The van der Waals surface area contributed by atoms with Crippen LogP contribution in [-0.2, 0) is 4.74 Å². The molecule has 6 rings (SSSR count). The molecule has 0 saturated carbocycles. The first-order valence-electron chi connectivity index (χ1n) is 11.8. The Balaban J connectivity index is 1.43. The van der Waals surface area contributed by atoms with E-state index in [1.54, 1.807) is 12.4 Å². The molecule has 0 spiro atoms. The van der Waals surface area contributed by atoms with Crippen molar-refractivity contribution in [1.82, 2.24) is 24.9 Å². The molecule has 7 heteroatoms. The summed E-state index contributed by atoms with van der Waals surface area (Å²) in [4.78, 5) is 22.0. The van der Waals surface area contributed by atoms with Gasteiger partial charge in [0, 0.05) is 37.2 Å². The first-order chi connectivity index (χ1) is 16.8. The molecule has 0 radical (unpaired) electrons. The molecule has 3 aromatic heterocycles. The molecule has 0 unspecified atom stereocenters. The molecule has 0 amide bonds. The molecule has 34 heavy (non-hydrogen) atoms. The number of aromatic nitrogens is 5. The lowest BCUT2D eigenvalue weighted by molar-refractivity contribution is 0.0853. The van der Waals surface area contributed by atoms with E-state index in [2.05, 4.69) is 51.5 Å². The van der Waals surface area contributed by atoms with Gasteiger partial charge >= 0.3 is 0 Å². The highest BCUT2D eigenvalue weighted by molar-refractivity contribution is 5.99. The van der Waals surface area contributed by atoms with Gasteiger partial charge in [0.2, 0.25) is 0 Å². The lowest BCUT2D eigenvalue weighted by Crippen LogP contribution is -2.13. The van der Waals surface area contributed by atoms with Crippen molar-refractivity contribution >= 4 is 27.6 Å². The van der Waals surface area contributed by atoms with Crippen LogP contribution in [0.5, 0.6) is 0 Å². The summed E-state index contributed by atoms with van der Waals surface area (Å²) in [5, 5.41) is 4.67. The maximum Gasteiger partial charge on any atom is 0.150 e. The molecule has 5 aromatic rings. The van der Waals surface area contributed by atoms with Gasteiger partial charge in [0.15, 0.2) is 0 Å². The van der Waals surface area contributed by atoms with E-state index in [9.17, 15) is 0 Å². The number of pyridine rings is 1. The van der Waals surface area contributed by atoms with Crippen LogP contribution in [-0.4, -0.2) is 38.1 Å². The average Bonchev–Trinajstić information content (AvgIpc) is 3.33. The van der Waals surface area contributed by atoms with Gasteiger partial charge in [0.25, 0.3) is 0 Å². The Labute approximate surface area is 197 Å². The molecule has 1 aliphatic rings. The monoisotopic (exact) mass is 450 g/mol. The molecular formula is C27H26N6O. The number of rotatable bonds is 5. The predicted molar refractivity (Wildman–Crippen MR) is 134 cm³/mol. The highest BCUT2D eigenvalue weighted by Crippen LogP contribution is 2.36. The molecule has 2 aromatic carbocycles. The van der Waals surface area contributed by atoms with Crippen LogP contribution >= 0.6 is 0 Å². The molecule has 7 nitrogen and oxygen atoms in total. The van der Waals surface area contributed by atoms with Gasteiger partial charge in [-0.3, -0.25) is 4.98 Å². The van der Waals surface area contributed by atoms with E-state index in [4.69, 9.17) is 14.7 Å². The van der Waals surface area contributed by atoms with Gasteiger partial charge in [-0.2, -0.15) is 0 Å². The van der Waals surface area contributed by atoms with Gasteiger partial charge in [-0.1, -0.05) is 24.3 Å². The smallest absolute Gasteiger partial charge is 0.150 e. The van der Waals surface area contributed by atoms with Crippen LogP contribution in [0, 0.1) is 0 Å². The van der Waals surface area contributed by atoms with Crippen molar-refractivity contribution in [2.45, 2.75) is 31.7 Å². The summed E-state index contributed by atoms with van der Waals surface area (Å²) in [5.41, 5.74) is 6.14. The molecule has 1 saturated heterocycles. The first kappa shape index (κ1) is 20.7. The normalized spacial score (nSPS) is 15.6. The summed E-state index contributed by atoms with van der Waals surface area (Å²) in [5.74, 6) is 2.07. The van der Waals surface area contributed by atoms with Crippen LogP contribution in [0.4, 0.5) is 5.69 Å². The fraction of sp³-hybridized carbons (Fsp3) is 0.259.